The molecule has 0 radical (unpaired) electrons. The summed E-state index contributed by atoms with van der Waals surface area (Å²) >= 11 is 0. The van der Waals surface area contributed by atoms with Crippen molar-refractivity contribution in [1.82, 2.24) is 9.97 Å². The van der Waals surface area contributed by atoms with Gasteiger partial charge in [0, 0.05) is 23.1 Å². The molecule has 0 fully saturated rings. The first-order chi connectivity index (χ1) is 14.1. The average Bonchev–Trinajstić information content (AvgIpc) is 2.73. The van der Waals surface area contributed by atoms with Gasteiger partial charge in [-0.3, -0.25) is 4.79 Å². The van der Waals surface area contributed by atoms with Gasteiger partial charge >= 0.3 is 0 Å². The molecule has 7 nitrogen and oxygen atoms in total. The SMILES string of the molecule is CCc1ccc(Nc2cc(C)ncn2)cc1NC(=O)COc1ccccc1OC. The Bertz CT molecular complexity index is 991. The number of rotatable bonds is 8. The second-order valence-corrected chi connectivity index (χ2v) is 6.38. The third-order valence-electron chi connectivity index (χ3n) is 4.27. The van der Waals surface area contributed by atoms with E-state index < -0.39 is 0 Å². The zero-order chi connectivity index (χ0) is 20.6. The van der Waals surface area contributed by atoms with Crippen LogP contribution in [0.15, 0.2) is 54.9 Å². The molecule has 0 bridgehead atoms. The molecule has 29 heavy (non-hydrogen) atoms. The van der Waals surface area contributed by atoms with Crippen molar-refractivity contribution in [2.75, 3.05) is 24.4 Å². The summed E-state index contributed by atoms with van der Waals surface area (Å²) in [4.78, 5) is 20.7. The number of carbonyl (C=O) groups excluding carboxylic acids is 1. The Kier molecular flexibility index (Phi) is 6.63. The number of para-hydroxylation sites is 2. The Morgan fingerprint density at radius 1 is 1.07 bits per heavy atom. The van der Waals surface area contributed by atoms with Crippen molar-refractivity contribution in [3.63, 3.8) is 0 Å². The Hall–Kier alpha value is -3.61. The van der Waals surface area contributed by atoms with Gasteiger partial charge < -0.3 is 20.1 Å². The number of anilines is 3. The van der Waals surface area contributed by atoms with Crippen molar-refractivity contribution in [3.8, 4) is 11.5 Å². The second-order valence-electron chi connectivity index (χ2n) is 6.38. The van der Waals surface area contributed by atoms with Gasteiger partial charge in [-0.15, -0.1) is 0 Å². The van der Waals surface area contributed by atoms with E-state index in [4.69, 9.17) is 9.47 Å². The molecule has 150 valence electrons. The molecular formula is C22H24N4O3. The fraction of sp³-hybridized carbons (Fsp3) is 0.227. The summed E-state index contributed by atoms with van der Waals surface area (Å²) in [6, 6.07) is 14.9. The van der Waals surface area contributed by atoms with E-state index in [0.29, 0.717) is 17.3 Å². The van der Waals surface area contributed by atoms with Crippen LogP contribution in [0.2, 0.25) is 0 Å². The second kappa shape index (κ2) is 9.54. The fourth-order valence-electron chi connectivity index (χ4n) is 2.82. The van der Waals surface area contributed by atoms with Crippen molar-refractivity contribution in [2.45, 2.75) is 20.3 Å². The van der Waals surface area contributed by atoms with E-state index >= 15 is 0 Å². The zero-order valence-electron chi connectivity index (χ0n) is 16.7. The summed E-state index contributed by atoms with van der Waals surface area (Å²) in [6.07, 6.45) is 2.30. The Labute approximate surface area is 170 Å². The topological polar surface area (TPSA) is 85.4 Å². The number of nitrogens with zero attached hydrogens (tertiary/aromatic N) is 2. The van der Waals surface area contributed by atoms with Gasteiger partial charge in [-0.05, 0) is 43.2 Å². The number of hydrogen-bond acceptors (Lipinski definition) is 6. The molecule has 2 aromatic carbocycles. The lowest BCUT2D eigenvalue weighted by atomic mass is 10.1. The van der Waals surface area contributed by atoms with E-state index in [9.17, 15) is 4.79 Å². The highest BCUT2D eigenvalue weighted by Crippen LogP contribution is 2.26. The molecule has 0 saturated heterocycles. The summed E-state index contributed by atoms with van der Waals surface area (Å²) in [5.74, 6) is 1.55. The molecule has 0 aliphatic carbocycles. The van der Waals surface area contributed by atoms with Gasteiger partial charge in [0.2, 0.25) is 0 Å². The average molecular weight is 392 g/mol. The number of aromatic nitrogens is 2. The van der Waals surface area contributed by atoms with Crippen LogP contribution in [-0.4, -0.2) is 29.6 Å². The first-order valence-corrected chi connectivity index (χ1v) is 9.33. The van der Waals surface area contributed by atoms with Gasteiger partial charge in [-0.2, -0.15) is 0 Å². The summed E-state index contributed by atoms with van der Waals surface area (Å²) < 4.78 is 10.8. The first kappa shape index (κ1) is 20.1. The van der Waals surface area contributed by atoms with Gasteiger partial charge in [0.1, 0.15) is 12.1 Å². The van der Waals surface area contributed by atoms with Crippen molar-refractivity contribution in [1.29, 1.82) is 0 Å². The molecule has 1 aromatic heterocycles. The molecule has 0 spiro atoms. The van der Waals surface area contributed by atoms with Crippen LogP contribution >= 0.6 is 0 Å². The standard InChI is InChI=1S/C22H24N4O3/c1-4-16-9-10-17(25-21-11-15(2)23-14-24-21)12-18(16)26-22(27)13-29-20-8-6-5-7-19(20)28-3/h5-12,14H,4,13H2,1-3H3,(H,26,27)(H,23,24,25). The minimum Gasteiger partial charge on any atom is -0.493 e. The molecule has 3 aromatic rings. The van der Waals surface area contributed by atoms with Crippen LogP contribution in [-0.2, 0) is 11.2 Å². The lowest BCUT2D eigenvalue weighted by Crippen LogP contribution is -2.21. The number of benzene rings is 2. The van der Waals surface area contributed by atoms with E-state index in [0.717, 1.165) is 29.1 Å². The van der Waals surface area contributed by atoms with E-state index in [1.807, 2.05) is 50.2 Å². The van der Waals surface area contributed by atoms with Crippen LogP contribution in [0.3, 0.4) is 0 Å². The van der Waals surface area contributed by atoms with Crippen LogP contribution in [0.1, 0.15) is 18.2 Å². The fourth-order valence-corrected chi connectivity index (χ4v) is 2.82. The Morgan fingerprint density at radius 2 is 1.86 bits per heavy atom. The predicted molar refractivity (Wildman–Crippen MR) is 113 cm³/mol. The van der Waals surface area contributed by atoms with Gasteiger partial charge in [0.15, 0.2) is 18.1 Å². The molecule has 7 heteroatoms. The summed E-state index contributed by atoms with van der Waals surface area (Å²) in [7, 11) is 1.56. The summed E-state index contributed by atoms with van der Waals surface area (Å²) in [6.45, 7) is 3.82. The summed E-state index contributed by atoms with van der Waals surface area (Å²) in [5, 5.41) is 6.16. The van der Waals surface area contributed by atoms with Crippen molar-refractivity contribution in [2.24, 2.45) is 0 Å². The van der Waals surface area contributed by atoms with Crippen LogP contribution < -0.4 is 20.1 Å². The van der Waals surface area contributed by atoms with E-state index in [1.165, 1.54) is 6.33 Å². The van der Waals surface area contributed by atoms with Gasteiger partial charge in [-0.25, -0.2) is 9.97 Å². The zero-order valence-corrected chi connectivity index (χ0v) is 16.7. The summed E-state index contributed by atoms with van der Waals surface area (Å²) in [5.41, 5.74) is 3.45. The maximum atomic E-state index is 12.4. The number of hydrogen-bond donors (Lipinski definition) is 2. The highest BCUT2D eigenvalue weighted by Gasteiger charge is 2.10. The van der Waals surface area contributed by atoms with E-state index in [2.05, 4.69) is 20.6 Å². The van der Waals surface area contributed by atoms with E-state index in [1.54, 1.807) is 19.2 Å². The number of methoxy groups -OCH3 is 1. The Balaban J connectivity index is 1.69. The largest absolute Gasteiger partial charge is 0.493 e. The minimum atomic E-state index is -0.249. The highest BCUT2D eigenvalue weighted by atomic mass is 16.5. The molecule has 0 aliphatic rings. The van der Waals surface area contributed by atoms with Gasteiger partial charge in [-0.1, -0.05) is 25.1 Å². The monoisotopic (exact) mass is 392 g/mol. The first-order valence-electron chi connectivity index (χ1n) is 9.33. The van der Waals surface area contributed by atoms with Crippen molar-refractivity contribution >= 4 is 23.1 Å². The molecule has 0 saturated carbocycles. The van der Waals surface area contributed by atoms with Crippen LogP contribution in [0.5, 0.6) is 11.5 Å². The maximum Gasteiger partial charge on any atom is 0.262 e. The number of ether oxygens (including phenoxy) is 2. The molecule has 0 atom stereocenters. The molecule has 1 heterocycles. The van der Waals surface area contributed by atoms with Crippen LogP contribution in [0.25, 0.3) is 0 Å². The minimum absolute atomic E-state index is 0.119. The molecule has 2 N–H and O–H groups in total. The third-order valence-corrected chi connectivity index (χ3v) is 4.27. The normalized spacial score (nSPS) is 10.3. The van der Waals surface area contributed by atoms with E-state index in [-0.39, 0.29) is 12.5 Å². The molecule has 1 amide bonds. The smallest absolute Gasteiger partial charge is 0.262 e. The van der Waals surface area contributed by atoms with Crippen molar-refractivity contribution < 1.29 is 14.3 Å². The number of nitrogens with one attached hydrogen (secondary N) is 2. The molecule has 3 rings (SSSR count). The molecule has 0 aliphatic heterocycles. The van der Waals surface area contributed by atoms with Gasteiger partial charge in [0.05, 0.1) is 7.11 Å². The van der Waals surface area contributed by atoms with Crippen LogP contribution in [0.4, 0.5) is 17.2 Å². The van der Waals surface area contributed by atoms with Crippen LogP contribution in [0, 0.1) is 6.92 Å². The quantitative estimate of drug-likeness (QED) is 0.600. The lowest BCUT2D eigenvalue weighted by Gasteiger charge is -2.14. The Morgan fingerprint density at radius 3 is 2.59 bits per heavy atom. The molecular weight excluding hydrogens is 368 g/mol. The third kappa shape index (κ3) is 5.44. The maximum absolute atomic E-state index is 12.4. The number of carbonyl (C=O) groups is 1. The lowest BCUT2D eigenvalue weighted by molar-refractivity contribution is -0.118. The molecule has 0 unspecified atom stereocenters. The predicted octanol–water partition coefficient (Wildman–Crippen LogP) is 4.12. The highest BCUT2D eigenvalue weighted by molar-refractivity contribution is 5.93. The number of aryl methyl sites for hydroxylation is 2. The number of amides is 1. The van der Waals surface area contributed by atoms with Crippen molar-refractivity contribution in [3.05, 3.63) is 66.1 Å². The van der Waals surface area contributed by atoms with Gasteiger partial charge in [0.25, 0.3) is 5.91 Å².